The fourth-order valence-electron chi connectivity index (χ4n) is 1.80. The summed E-state index contributed by atoms with van der Waals surface area (Å²) in [5, 5.41) is 4.89. The van der Waals surface area contributed by atoms with Gasteiger partial charge in [-0.2, -0.15) is 0 Å². The molecule has 1 unspecified atom stereocenters. The van der Waals surface area contributed by atoms with Crippen LogP contribution in [0.25, 0.3) is 0 Å². The molecule has 0 aliphatic carbocycles. The molecule has 0 aliphatic rings. The van der Waals surface area contributed by atoms with E-state index < -0.39 is 10.0 Å². The van der Waals surface area contributed by atoms with Crippen LogP contribution in [0, 0.1) is 0 Å². The van der Waals surface area contributed by atoms with Crippen LogP contribution in [0.4, 0.5) is 5.82 Å². The number of rotatable bonds is 6. The van der Waals surface area contributed by atoms with Gasteiger partial charge in [-0.1, -0.05) is 6.07 Å². The zero-order valence-corrected chi connectivity index (χ0v) is 13.0. The van der Waals surface area contributed by atoms with Gasteiger partial charge in [0.15, 0.2) is 0 Å². The van der Waals surface area contributed by atoms with Gasteiger partial charge in [0.05, 0.1) is 6.04 Å². The Labute approximate surface area is 123 Å². The number of nitrogens with one attached hydrogen (secondary N) is 2. The maximum absolute atomic E-state index is 12.4. The van der Waals surface area contributed by atoms with Crippen LogP contribution in [0.5, 0.6) is 0 Å². The predicted octanol–water partition coefficient (Wildman–Crippen LogP) is 2.61. The molecule has 5 nitrogen and oxygen atoms in total. The Morgan fingerprint density at radius 3 is 2.80 bits per heavy atom. The van der Waals surface area contributed by atoms with Crippen molar-refractivity contribution in [3.63, 3.8) is 0 Å². The second-order valence-electron chi connectivity index (χ2n) is 4.24. The van der Waals surface area contributed by atoms with Crippen molar-refractivity contribution in [2.45, 2.75) is 24.8 Å². The molecule has 2 aromatic rings. The number of anilines is 1. The number of sulfonamides is 1. The van der Waals surface area contributed by atoms with Gasteiger partial charge in [0, 0.05) is 17.6 Å². The molecule has 20 heavy (non-hydrogen) atoms. The molecule has 0 saturated heterocycles. The van der Waals surface area contributed by atoms with Gasteiger partial charge < -0.3 is 5.32 Å². The lowest BCUT2D eigenvalue weighted by molar-refractivity contribution is 0.568. The molecule has 2 N–H and O–H groups in total. The van der Waals surface area contributed by atoms with E-state index in [9.17, 15) is 8.42 Å². The van der Waals surface area contributed by atoms with Crippen molar-refractivity contribution in [2.75, 3.05) is 11.9 Å². The zero-order chi connectivity index (χ0) is 14.6. The van der Waals surface area contributed by atoms with Crippen LogP contribution in [0.2, 0.25) is 0 Å². The van der Waals surface area contributed by atoms with Crippen molar-refractivity contribution >= 4 is 27.2 Å². The molecule has 2 rings (SSSR count). The Balaban J connectivity index is 2.27. The van der Waals surface area contributed by atoms with E-state index in [2.05, 4.69) is 15.0 Å². The molecule has 7 heteroatoms. The molecule has 0 aliphatic heterocycles. The third kappa shape index (κ3) is 3.36. The van der Waals surface area contributed by atoms with Crippen molar-refractivity contribution < 1.29 is 8.42 Å². The lowest BCUT2D eigenvalue weighted by Crippen LogP contribution is -2.27. The minimum atomic E-state index is -3.61. The standard InChI is InChI=1S/C13H17N3O2S2/c1-3-14-13-12(7-4-8-15-13)20(17,18)16-10(2)11-6-5-9-19-11/h4-10,16H,3H2,1-2H3,(H,14,15). The summed E-state index contributed by atoms with van der Waals surface area (Å²) in [6.45, 7) is 4.33. The summed E-state index contributed by atoms with van der Waals surface area (Å²) in [5.74, 6) is 0.376. The molecule has 2 heterocycles. The summed E-state index contributed by atoms with van der Waals surface area (Å²) in [6.07, 6.45) is 1.57. The van der Waals surface area contributed by atoms with Gasteiger partial charge in [0.25, 0.3) is 0 Å². The van der Waals surface area contributed by atoms with Crippen molar-refractivity contribution in [3.05, 3.63) is 40.7 Å². The molecule has 108 valence electrons. The van der Waals surface area contributed by atoms with Gasteiger partial charge in [-0.25, -0.2) is 18.1 Å². The lowest BCUT2D eigenvalue weighted by Gasteiger charge is -2.15. The molecule has 0 spiro atoms. The smallest absolute Gasteiger partial charge is 0.244 e. The van der Waals surface area contributed by atoms with Crippen LogP contribution in [0.3, 0.4) is 0 Å². The maximum atomic E-state index is 12.4. The molecule has 2 aromatic heterocycles. The van der Waals surface area contributed by atoms with Crippen LogP contribution in [-0.4, -0.2) is 19.9 Å². The number of thiophene rings is 1. The first-order chi connectivity index (χ1) is 9.54. The minimum Gasteiger partial charge on any atom is -0.369 e. The number of aromatic nitrogens is 1. The van der Waals surface area contributed by atoms with Crippen LogP contribution in [0.15, 0.2) is 40.7 Å². The number of hydrogen-bond acceptors (Lipinski definition) is 5. The third-order valence-corrected chi connectivity index (χ3v) is 5.33. The number of nitrogens with zero attached hydrogens (tertiary/aromatic N) is 1. The minimum absolute atomic E-state index is 0.172. The Kier molecular flexibility index (Phi) is 4.74. The van der Waals surface area contributed by atoms with Crippen molar-refractivity contribution in [2.24, 2.45) is 0 Å². The summed E-state index contributed by atoms with van der Waals surface area (Å²) in [4.78, 5) is 5.22. The normalized spacial score (nSPS) is 13.1. The number of hydrogen-bond donors (Lipinski definition) is 2. The second kappa shape index (κ2) is 6.34. The predicted molar refractivity (Wildman–Crippen MR) is 81.5 cm³/mol. The molecule has 0 radical (unpaired) electrons. The highest BCUT2D eigenvalue weighted by molar-refractivity contribution is 7.89. The van der Waals surface area contributed by atoms with Crippen LogP contribution in [-0.2, 0) is 10.0 Å². The average Bonchev–Trinajstić information content (AvgIpc) is 2.93. The van der Waals surface area contributed by atoms with E-state index in [1.54, 1.807) is 18.3 Å². The third-order valence-electron chi connectivity index (χ3n) is 2.71. The largest absolute Gasteiger partial charge is 0.369 e. The van der Waals surface area contributed by atoms with Gasteiger partial charge in [0.1, 0.15) is 10.7 Å². The van der Waals surface area contributed by atoms with Crippen LogP contribution in [0.1, 0.15) is 24.8 Å². The highest BCUT2D eigenvalue weighted by atomic mass is 32.2. The second-order valence-corrected chi connectivity index (χ2v) is 6.90. The molecular formula is C13H17N3O2S2. The van der Waals surface area contributed by atoms with Gasteiger partial charge in [0.2, 0.25) is 10.0 Å². The molecule has 0 amide bonds. The highest BCUT2D eigenvalue weighted by Crippen LogP contribution is 2.23. The first-order valence-corrected chi connectivity index (χ1v) is 8.65. The lowest BCUT2D eigenvalue weighted by atomic mass is 10.3. The van der Waals surface area contributed by atoms with Crippen LogP contribution >= 0.6 is 11.3 Å². The van der Waals surface area contributed by atoms with Crippen molar-refractivity contribution in [1.82, 2.24) is 9.71 Å². The summed E-state index contributed by atoms with van der Waals surface area (Å²) in [6, 6.07) is 6.71. The van der Waals surface area contributed by atoms with E-state index in [0.717, 1.165) is 4.88 Å². The quantitative estimate of drug-likeness (QED) is 0.860. The van der Waals surface area contributed by atoms with Gasteiger partial charge in [-0.05, 0) is 37.4 Å². The molecule has 0 bridgehead atoms. The Morgan fingerprint density at radius 2 is 2.15 bits per heavy atom. The summed E-state index contributed by atoms with van der Waals surface area (Å²) >= 11 is 1.52. The van der Waals surface area contributed by atoms with E-state index in [0.29, 0.717) is 12.4 Å². The van der Waals surface area contributed by atoms with E-state index in [4.69, 9.17) is 0 Å². The zero-order valence-electron chi connectivity index (χ0n) is 11.3. The molecule has 0 fully saturated rings. The molecule has 0 saturated carbocycles. The van der Waals surface area contributed by atoms with E-state index in [-0.39, 0.29) is 10.9 Å². The maximum Gasteiger partial charge on any atom is 0.244 e. The fourth-order valence-corrected chi connectivity index (χ4v) is 3.97. The first-order valence-electron chi connectivity index (χ1n) is 6.29. The van der Waals surface area contributed by atoms with E-state index in [1.165, 1.54) is 11.3 Å². The molecule has 1 atom stereocenters. The van der Waals surface area contributed by atoms with Crippen molar-refractivity contribution in [1.29, 1.82) is 0 Å². The highest BCUT2D eigenvalue weighted by Gasteiger charge is 2.22. The topological polar surface area (TPSA) is 71.1 Å². The van der Waals surface area contributed by atoms with Gasteiger partial charge in [-0.15, -0.1) is 11.3 Å². The van der Waals surface area contributed by atoms with Crippen molar-refractivity contribution in [3.8, 4) is 0 Å². The SMILES string of the molecule is CCNc1ncccc1S(=O)(=O)NC(C)c1cccs1. The Hall–Kier alpha value is -1.44. The van der Waals surface area contributed by atoms with Crippen LogP contribution < -0.4 is 10.0 Å². The Bertz CT molecular complexity index is 654. The summed E-state index contributed by atoms with van der Waals surface area (Å²) in [7, 11) is -3.61. The fraction of sp³-hybridized carbons (Fsp3) is 0.308. The summed E-state index contributed by atoms with van der Waals surface area (Å²) < 4.78 is 27.6. The first kappa shape index (κ1) is 15.0. The average molecular weight is 311 g/mol. The van der Waals surface area contributed by atoms with Gasteiger partial charge >= 0.3 is 0 Å². The molecule has 0 aromatic carbocycles. The van der Waals surface area contributed by atoms with E-state index >= 15 is 0 Å². The van der Waals surface area contributed by atoms with E-state index in [1.807, 2.05) is 31.4 Å². The van der Waals surface area contributed by atoms with Gasteiger partial charge in [-0.3, -0.25) is 0 Å². The molecular weight excluding hydrogens is 294 g/mol. The Morgan fingerprint density at radius 1 is 1.35 bits per heavy atom. The monoisotopic (exact) mass is 311 g/mol. The number of pyridine rings is 1. The summed E-state index contributed by atoms with van der Waals surface area (Å²) in [5.41, 5.74) is 0.